The van der Waals surface area contributed by atoms with Gasteiger partial charge in [0.05, 0.1) is 0 Å². The number of carbonyl (C=O) groups is 1. The van der Waals surface area contributed by atoms with Crippen LogP contribution >= 0.6 is 0 Å². The molecule has 3 nitrogen and oxygen atoms in total. The third-order valence-corrected chi connectivity index (χ3v) is 4.97. The predicted octanol–water partition coefficient (Wildman–Crippen LogP) is 4.10. The first-order valence-corrected chi connectivity index (χ1v) is 9.43. The van der Waals surface area contributed by atoms with E-state index in [9.17, 15) is 4.79 Å². The molecule has 0 aliphatic carbocycles. The van der Waals surface area contributed by atoms with Crippen LogP contribution in [0.2, 0.25) is 0 Å². The van der Waals surface area contributed by atoms with Gasteiger partial charge in [0.2, 0.25) is 5.91 Å². The Morgan fingerprint density at radius 1 is 0.920 bits per heavy atom. The van der Waals surface area contributed by atoms with Crippen molar-refractivity contribution in [1.82, 2.24) is 5.32 Å². The minimum absolute atomic E-state index is 0.114. The third kappa shape index (κ3) is 5.09. The van der Waals surface area contributed by atoms with Gasteiger partial charge >= 0.3 is 0 Å². The molecule has 1 saturated heterocycles. The maximum Gasteiger partial charge on any atom is 0.220 e. The van der Waals surface area contributed by atoms with Gasteiger partial charge in [-0.1, -0.05) is 43.3 Å². The van der Waals surface area contributed by atoms with Crippen LogP contribution in [0.1, 0.15) is 42.9 Å². The molecule has 1 heterocycles. The lowest BCUT2D eigenvalue weighted by Gasteiger charge is -2.17. The summed E-state index contributed by atoms with van der Waals surface area (Å²) in [4.78, 5) is 14.5. The summed E-state index contributed by atoms with van der Waals surface area (Å²) >= 11 is 0. The van der Waals surface area contributed by atoms with E-state index in [0.717, 1.165) is 31.5 Å². The molecule has 3 rings (SSSR count). The predicted molar refractivity (Wildman–Crippen MR) is 104 cm³/mol. The second kappa shape index (κ2) is 8.70. The standard InChI is InChI=1S/C22H28N2O/c1-2-18-5-7-19(8-6-18)11-14-22(25)23-17-20-9-12-21(13-10-20)24-15-3-4-16-24/h5-10,12-13H,2-4,11,14-17H2,1H3,(H,23,25). The molecule has 25 heavy (non-hydrogen) atoms. The fourth-order valence-corrected chi connectivity index (χ4v) is 3.29. The van der Waals surface area contributed by atoms with Crippen LogP contribution in [0.15, 0.2) is 48.5 Å². The maximum atomic E-state index is 12.1. The van der Waals surface area contributed by atoms with Crippen molar-refractivity contribution in [2.75, 3.05) is 18.0 Å². The van der Waals surface area contributed by atoms with Gasteiger partial charge in [0.25, 0.3) is 0 Å². The van der Waals surface area contributed by atoms with Crippen LogP contribution in [0.5, 0.6) is 0 Å². The monoisotopic (exact) mass is 336 g/mol. The zero-order chi connectivity index (χ0) is 17.5. The summed E-state index contributed by atoms with van der Waals surface area (Å²) < 4.78 is 0. The quantitative estimate of drug-likeness (QED) is 0.826. The van der Waals surface area contributed by atoms with Crippen LogP contribution in [0, 0.1) is 0 Å². The zero-order valence-electron chi connectivity index (χ0n) is 15.1. The number of benzene rings is 2. The minimum atomic E-state index is 0.114. The molecule has 1 N–H and O–H groups in total. The number of aryl methyl sites for hydroxylation is 2. The van der Waals surface area contributed by atoms with Gasteiger partial charge < -0.3 is 10.2 Å². The van der Waals surface area contributed by atoms with E-state index >= 15 is 0 Å². The van der Waals surface area contributed by atoms with Gasteiger partial charge in [0.1, 0.15) is 0 Å². The van der Waals surface area contributed by atoms with E-state index < -0.39 is 0 Å². The zero-order valence-corrected chi connectivity index (χ0v) is 15.1. The van der Waals surface area contributed by atoms with E-state index in [1.165, 1.54) is 29.7 Å². The molecule has 0 aromatic heterocycles. The molecule has 0 atom stereocenters. The summed E-state index contributed by atoms with van der Waals surface area (Å²) in [7, 11) is 0. The molecule has 132 valence electrons. The van der Waals surface area contributed by atoms with Crippen molar-refractivity contribution >= 4 is 11.6 Å². The molecule has 1 aliphatic heterocycles. The topological polar surface area (TPSA) is 32.3 Å². The first-order chi connectivity index (χ1) is 12.2. The average molecular weight is 336 g/mol. The maximum absolute atomic E-state index is 12.1. The normalized spacial score (nSPS) is 13.9. The summed E-state index contributed by atoms with van der Waals surface area (Å²) in [6.45, 7) is 5.08. The van der Waals surface area contributed by atoms with Gasteiger partial charge in [0, 0.05) is 31.7 Å². The summed E-state index contributed by atoms with van der Waals surface area (Å²) in [5.41, 5.74) is 5.01. The molecule has 0 spiro atoms. The molecule has 0 bridgehead atoms. The van der Waals surface area contributed by atoms with Gasteiger partial charge in [-0.15, -0.1) is 0 Å². The van der Waals surface area contributed by atoms with E-state index in [1.807, 2.05) is 0 Å². The summed E-state index contributed by atoms with van der Waals surface area (Å²) in [6, 6.07) is 17.1. The molecular formula is C22H28N2O. The number of hydrogen-bond acceptors (Lipinski definition) is 2. The van der Waals surface area contributed by atoms with Crippen LogP contribution in [0.4, 0.5) is 5.69 Å². The van der Waals surface area contributed by atoms with Crippen molar-refractivity contribution in [3.8, 4) is 0 Å². The largest absolute Gasteiger partial charge is 0.372 e. The second-order valence-electron chi connectivity index (χ2n) is 6.81. The van der Waals surface area contributed by atoms with Crippen LogP contribution in [-0.4, -0.2) is 19.0 Å². The number of carbonyl (C=O) groups excluding carboxylic acids is 1. The molecule has 2 aromatic carbocycles. The van der Waals surface area contributed by atoms with E-state index in [-0.39, 0.29) is 5.91 Å². The van der Waals surface area contributed by atoms with E-state index in [2.05, 4.69) is 65.7 Å². The SMILES string of the molecule is CCc1ccc(CCC(=O)NCc2ccc(N3CCCC3)cc2)cc1. The molecular weight excluding hydrogens is 308 g/mol. The van der Waals surface area contributed by atoms with E-state index in [0.29, 0.717) is 13.0 Å². The Kier molecular flexibility index (Phi) is 6.10. The van der Waals surface area contributed by atoms with Crippen LogP contribution in [-0.2, 0) is 24.2 Å². The lowest BCUT2D eigenvalue weighted by atomic mass is 10.1. The lowest BCUT2D eigenvalue weighted by Crippen LogP contribution is -2.23. The molecule has 3 heteroatoms. The fourth-order valence-electron chi connectivity index (χ4n) is 3.29. The number of rotatable bonds is 7. The van der Waals surface area contributed by atoms with Crippen molar-refractivity contribution in [2.24, 2.45) is 0 Å². The van der Waals surface area contributed by atoms with Crippen molar-refractivity contribution in [3.05, 3.63) is 65.2 Å². The van der Waals surface area contributed by atoms with Crippen LogP contribution in [0.25, 0.3) is 0 Å². The number of hydrogen-bond donors (Lipinski definition) is 1. The van der Waals surface area contributed by atoms with Gasteiger partial charge in [-0.2, -0.15) is 0 Å². The summed E-state index contributed by atoms with van der Waals surface area (Å²) in [6.07, 6.45) is 4.97. The molecule has 1 aliphatic rings. The third-order valence-electron chi connectivity index (χ3n) is 4.97. The van der Waals surface area contributed by atoms with Crippen LogP contribution in [0.3, 0.4) is 0 Å². The van der Waals surface area contributed by atoms with Crippen molar-refractivity contribution < 1.29 is 4.79 Å². The highest BCUT2D eigenvalue weighted by molar-refractivity contribution is 5.76. The first-order valence-electron chi connectivity index (χ1n) is 9.43. The smallest absolute Gasteiger partial charge is 0.220 e. The highest BCUT2D eigenvalue weighted by Gasteiger charge is 2.11. The highest BCUT2D eigenvalue weighted by Crippen LogP contribution is 2.20. The Hall–Kier alpha value is -2.29. The minimum Gasteiger partial charge on any atom is -0.372 e. The van der Waals surface area contributed by atoms with E-state index in [4.69, 9.17) is 0 Å². The second-order valence-corrected chi connectivity index (χ2v) is 6.81. The Morgan fingerprint density at radius 3 is 2.16 bits per heavy atom. The molecule has 0 unspecified atom stereocenters. The summed E-state index contributed by atoms with van der Waals surface area (Å²) in [5, 5.41) is 3.03. The average Bonchev–Trinajstić information content (AvgIpc) is 3.20. The fraction of sp³-hybridized carbons (Fsp3) is 0.409. The number of amides is 1. The molecule has 1 amide bonds. The Labute approximate surface area is 151 Å². The number of nitrogens with zero attached hydrogens (tertiary/aromatic N) is 1. The summed E-state index contributed by atoms with van der Waals surface area (Å²) in [5.74, 6) is 0.114. The number of nitrogens with one attached hydrogen (secondary N) is 1. The van der Waals surface area contributed by atoms with Crippen molar-refractivity contribution in [1.29, 1.82) is 0 Å². The van der Waals surface area contributed by atoms with Gasteiger partial charge in [-0.3, -0.25) is 4.79 Å². The molecule has 1 fully saturated rings. The van der Waals surface area contributed by atoms with E-state index in [1.54, 1.807) is 0 Å². The lowest BCUT2D eigenvalue weighted by molar-refractivity contribution is -0.121. The molecule has 0 radical (unpaired) electrons. The van der Waals surface area contributed by atoms with Crippen LogP contribution < -0.4 is 10.2 Å². The molecule has 2 aromatic rings. The van der Waals surface area contributed by atoms with Crippen molar-refractivity contribution in [3.63, 3.8) is 0 Å². The number of anilines is 1. The van der Waals surface area contributed by atoms with Crippen molar-refractivity contribution in [2.45, 2.75) is 45.6 Å². The Balaban J connectivity index is 1.42. The Bertz CT molecular complexity index is 670. The van der Waals surface area contributed by atoms with Gasteiger partial charge in [0.15, 0.2) is 0 Å². The Morgan fingerprint density at radius 2 is 1.52 bits per heavy atom. The van der Waals surface area contributed by atoms with Gasteiger partial charge in [-0.05, 0) is 54.5 Å². The molecule has 0 saturated carbocycles. The first kappa shape index (κ1) is 17.5. The van der Waals surface area contributed by atoms with Gasteiger partial charge in [-0.25, -0.2) is 0 Å². The highest BCUT2D eigenvalue weighted by atomic mass is 16.1.